The molecule has 0 fully saturated rings. The normalized spacial score (nSPS) is 11.6. The largest absolute Gasteiger partial charge is 0.481 e. The van der Waals surface area contributed by atoms with Crippen molar-refractivity contribution >= 4 is 11.9 Å². The zero-order chi connectivity index (χ0) is 16.1. The topological polar surface area (TPSA) is 77.8 Å². The quantitative estimate of drug-likeness (QED) is 0.424. The highest BCUT2D eigenvalue weighted by Crippen LogP contribution is 2.10. The zero-order valence-electron chi connectivity index (χ0n) is 12.3. The number of unbranched alkanes of at least 4 members (excludes halogenated alkanes) is 4. The first-order chi connectivity index (χ1) is 10.0. The lowest BCUT2D eigenvalue weighted by Gasteiger charge is -2.27. The minimum Gasteiger partial charge on any atom is -0.481 e. The number of nitrogens with zero attached hydrogens (tertiary/aromatic N) is 1. The first kappa shape index (κ1) is 19.0. The van der Waals surface area contributed by atoms with Crippen LogP contribution in [0.5, 0.6) is 0 Å². The van der Waals surface area contributed by atoms with Gasteiger partial charge in [0.1, 0.15) is 6.04 Å². The number of carbonyl (C=O) groups is 2. The van der Waals surface area contributed by atoms with Crippen LogP contribution in [-0.4, -0.2) is 46.2 Å². The van der Waals surface area contributed by atoms with Crippen molar-refractivity contribution in [2.24, 2.45) is 0 Å². The number of aliphatic carboxylic acids is 2. The Labute approximate surface area is 126 Å². The van der Waals surface area contributed by atoms with E-state index in [1.165, 1.54) is 0 Å². The zero-order valence-corrected chi connectivity index (χ0v) is 12.3. The van der Waals surface area contributed by atoms with E-state index < -0.39 is 24.4 Å². The van der Waals surface area contributed by atoms with Crippen LogP contribution in [0, 0.1) is 24.7 Å². The van der Waals surface area contributed by atoms with E-state index >= 15 is 0 Å². The van der Waals surface area contributed by atoms with E-state index in [0.717, 1.165) is 25.7 Å². The third-order valence-electron chi connectivity index (χ3n) is 3.13. The lowest BCUT2D eigenvalue weighted by molar-refractivity contribution is -0.149. The van der Waals surface area contributed by atoms with Crippen LogP contribution in [0.3, 0.4) is 0 Å². The first-order valence-corrected chi connectivity index (χ1v) is 7.08. The Hall–Kier alpha value is -1.98. The SMILES string of the molecule is C#CCCCCN(CCCCC#C)[C@@H](CC(=O)O)C(=O)O. The maximum Gasteiger partial charge on any atom is 0.321 e. The number of rotatable bonds is 12. The minimum absolute atomic E-state index is 0.403. The van der Waals surface area contributed by atoms with Gasteiger partial charge in [0.05, 0.1) is 6.42 Å². The van der Waals surface area contributed by atoms with Crippen molar-refractivity contribution in [2.45, 2.75) is 51.0 Å². The van der Waals surface area contributed by atoms with E-state index in [2.05, 4.69) is 11.8 Å². The molecule has 0 aromatic carbocycles. The molecule has 21 heavy (non-hydrogen) atoms. The van der Waals surface area contributed by atoms with Gasteiger partial charge in [-0.05, 0) is 38.8 Å². The van der Waals surface area contributed by atoms with E-state index in [1.54, 1.807) is 4.90 Å². The van der Waals surface area contributed by atoms with E-state index in [0.29, 0.717) is 25.9 Å². The summed E-state index contributed by atoms with van der Waals surface area (Å²) >= 11 is 0. The van der Waals surface area contributed by atoms with Crippen molar-refractivity contribution in [3.05, 3.63) is 0 Å². The maximum atomic E-state index is 11.3. The molecule has 5 nitrogen and oxygen atoms in total. The highest BCUT2D eigenvalue weighted by molar-refractivity contribution is 5.80. The summed E-state index contributed by atoms with van der Waals surface area (Å²) in [6, 6.07) is -1.00. The summed E-state index contributed by atoms with van der Waals surface area (Å²) in [7, 11) is 0. The fourth-order valence-electron chi connectivity index (χ4n) is 2.05. The molecular weight excluding hydrogens is 270 g/mol. The molecule has 0 radical (unpaired) electrons. The number of carboxylic acid groups (broad SMARTS) is 2. The van der Waals surface area contributed by atoms with Crippen LogP contribution in [0.4, 0.5) is 0 Å². The van der Waals surface area contributed by atoms with Gasteiger partial charge in [0.15, 0.2) is 0 Å². The number of terminal acetylenes is 2. The summed E-state index contributed by atoms with van der Waals surface area (Å²) in [4.78, 5) is 23.8. The Morgan fingerprint density at radius 2 is 1.43 bits per heavy atom. The smallest absolute Gasteiger partial charge is 0.321 e. The van der Waals surface area contributed by atoms with Gasteiger partial charge in [-0.2, -0.15) is 0 Å². The molecular formula is C16H23NO4. The van der Waals surface area contributed by atoms with Gasteiger partial charge in [0.25, 0.3) is 0 Å². The Bertz CT molecular complexity index is 383. The highest BCUT2D eigenvalue weighted by Gasteiger charge is 2.27. The van der Waals surface area contributed by atoms with Crippen molar-refractivity contribution in [2.75, 3.05) is 13.1 Å². The molecule has 0 aliphatic carbocycles. The number of hydrogen-bond acceptors (Lipinski definition) is 3. The lowest BCUT2D eigenvalue weighted by Crippen LogP contribution is -2.43. The molecule has 0 amide bonds. The Balaban J connectivity index is 4.56. The Morgan fingerprint density at radius 3 is 1.76 bits per heavy atom. The van der Waals surface area contributed by atoms with Crippen molar-refractivity contribution in [3.8, 4) is 24.7 Å². The van der Waals surface area contributed by atoms with Gasteiger partial charge in [-0.25, -0.2) is 0 Å². The van der Waals surface area contributed by atoms with Crippen molar-refractivity contribution in [1.29, 1.82) is 0 Å². The molecule has 0 heterocycles. The maximum absolute atomic E-state index is 11.3. The van der Waals surface area contributed by atoms with Crippen molar-refractivity contribution < 1.29 is 19.8 Å². The van der Waals surface area contributed by atoms with E-state index in [9.17, 15) is 14.7 Å². The second-order valence-electron chi connectivity index (χ2n) is 4.81. The fourth-order valence-corrected chi connectivity index (χ4v) is 2.05. The van der Waals surface area contributed by atoms with E-state index in [-0.39, 0.29) is 0 Å². The summed E-state index contributed by atoms with van der Waals surface area (Å²) in [6.45, 7) is 1.06. The van der Waals surface area contributed by atoms with Gasteiger partial charge in [-0.1, -0.05) is 0 Å². The van der Waals surface area contributed by atoms with Crippen LogP contribution in [0.1, 0.15) is 44.9 Å². The van der Waals surface area contributed by atoms with Crippen molar-refractivity contribution in [1.82, 2.24) is 4.90 Å². The number of carboxylic acids is 2. The molecule has 5 heteroatoms. The summed E-state index contributed by atoms with van der Waals surface area (Å²) < 4.78 is 0. The lowest BCUT2D eigenvalue weighted by atomic mass is 10.1. The summed E-state index contributed by atoms with van der Waals surface area (Å²) in [5.41, 5.74) is 0. The number of hydrogen-bond donors (Lipinski definition) is 2. The molecule has 0 bridgehead atoms. The van der Waals surface area contributed by atoms with Crippen LogP contribution >= 0.6 is 0 Å². The van der Waals surface area contributed by atoms with Gasteiger partial charge in [-0.3, -0.25) is 14.5 Å². The van der Waals surface area contributed by atoms with Crippen LogP contribution < -0.4 is 0 Å². The molecule has 0 aliphatic heterocycles. The monoisotopic (exact) mass is 293 g/mol. The molecule has 0 saturated heterocycles. The van der Waals surface area contributed by atoms with E-state index in [4.69, 9.17) is 18.0 Å². The molecule has 2 N–H and O–H groups in total. The molecule has 0 rings (SSSR count). The third kappa shape index (κ3) is 9.54. The summed E-state index contributed by atoms with van der Waals surface area (Å²) in [5, 5.41) is 18.1. The second kappa shape index (κ2) is 11.8. The predicted octanol–water partition coefficient (Wildman–Crippen LogP) is 1.82. The molecule has 0 aliphatic rings. The minimum atomic E-state index is -1.11. The summed E-state index contributed by atoms with van der Waals surface area (Å²) in [5.74, 6) is 2.85. The standard InChI is InChI=1S/C16H23NO4/c1-3-5-7-9-11-17(12-10-8-6-4-2)14(16(20)21)13-15(18)19/h1-2,14H,5-13H2,(H,18,19)(H,20,21)/t14-/m0/s1. The van der Waals surface area contributed by atoms with Gasteiger partial charge in [-0.15, -0.1) is 24.7 Å². The highest BCUT2D eigenvalue weighted by atomic mass is 16.4. The Kier molecular flexibility index (Phi) is 10.7. The predicted molar refractivity (Wildman–Crippen MR) is 80.6 cm³/mol. The first-order valence-electron chi connectivity index (χ1n) is 7.08. The Morgan fingerprint density at radius 1 is 0.952 bits per heavy atom. The van der Waals surface area contributed by atoms with Crippen LogP contribution in [0.15, 0.2) is 0 Å². The molecule has 0 aromatic heterocycles. The van der Waals surface area contributed by atoms with E-state index in [1.807, 2.05) is 0 Å². The molecule has 0 unspecified atom stereocenters. The van der Waals surface area contributed by atoms with Gasteiger partial charge < -0.3 is 10.2 Å². The molecule has 1 atom stereocenters. The third-order valence-corrected chi connectivity index (χ3v) is 3.13. The van der Waals surface area contributed by atoms with Gasteiger partial charge in [0.2, 0.25) is 0 Å². The molecule has 0 saturated carbocycles. The average Bonchev–Trinajstić information content (AvgIpc) is 2.43. The fraction of sp³-hybridized carbons (Fsp3) is 0.625. The summed E-state index contributed by atoms with van der Waals surface area (Å²) in [6.07, 6.45) is 14.3. The van der Waals surface area contributed by atoms with Crippen molar-refractivity contribution in [3.63, 3.8) is 0 Å². The molecule has 0 spiro atoms. The van der Waals surface area contributed by atoms with Gasteiger partial charge in [0, 0.05) is 12.8 Å². The molecule has 0 aromatic rings. The van der Waals surface area contributed by atoms with Crippen LogP contribution in [0.2, 0.25) is 0 Å². The van der Waals surface area contributed by atoms with Crippen LogP contribution in [-0.2, 0) is 9.59 Å². The second-order valence-corrected chi connectivity index (χ2v) is 4.81. The average molecular weight is 293 g/mol. The van der Waals surface area contributed by atoms with Crippen LogP contribution in [0.25, 0.3) is 0 Å². The molecule has 116 valence electrons. The van der Waals surface area contributed by atoms with Gasteiger partial charge >= 0.3 is 11.9 Å².